The smallest absolute Gasteiger partial charge is 0.317 e. The third-order valence-corrected chi connectivity index (χ3v) is 2.53. The van der Waals surface area contributed by atoms with Gasteiger partial charge in [0.1, 0.15) is 0 Å². The molecule has 0 aliphatic carbocycles. The van der Waals surface area contributed by atoms with Crippen molar-refractivity contribution in [3.8, 4) is 0 Å². The van der Waals surface area contributed by atoms with Gasteiger partial charge in [0.2, 0.25) is 0 Å². The van der Waals surface area contributed by atoms with Crippen molar-refractivity contribution >= 4 is 11.9 Å². The van der Waals surface area contributed by atoms with E-state index in [4.69, 9.17) is 0 Å². The van der Waals surface area contributed by atoms with E-state index < -0.39 is 5.97 Å². The van der Waals surface area contributed by atoms with Gasteiger partial charge in [-0.25, -0.2) is 0 Å². The molecule has 1 aliphatic heterocycles. The van der Waals surface area contributed by atoms with Crippen LogP contribution < -0.4 is 0 Å². The minimum absolute atomic E-state index is 0.215. The molecule has 0 aromatic heterocycles. The molecule has 1 heterocycles. The maximum atomic E-state index is 11.2. The van der Waals surface area contributed by atoms with Gasteiger partial charge < -0.3 is 4.74 Å². The molecule has 0 bridgehead atoms. The van der Waals surface area contributed by atoms with Gasteiger partial charge in [0.25, 0.3) is 0 Å². The lowest BCUT2D eigenvalue weighted by Gasteiger charge is -2.05. The Bertz CT molecular complexity index is 409. The first-order chi connectivity index (χ1) is 7.15. The molecule has 1 aromatic rings. The van der Waals surface area contributed by atoms with Crippen molar-refractivity contribution < 1.29 is 14.3 Å². The van der Waals surface area contributed by atoms with E-state index in [0.717, 1.165) is 11.1 Å². The molecule has 3 heteroatoms. The number of benzene rings is 1. The van der Waals surface area contributed by atoms with Gasteiger partial charge in [-0.1, -0.05) is 29.8 Å². The number of cyclic esters (lactones) is 2. The fourth-order valence-corrected chi connectivity index (χ4v) is 1.80. The predicted octanol–water partition coefficient (Wildman–Crippen LogP) is 1.63. The molecule has 1 aliphatic rings. The van der Waals surface area contributed by atoms with Gasteiger partial charge in [0.15, 0.2) is 0 Å². The largest absolute Gasteiger partial charge is 0.393 e. The standard InChI is InChI=1S/C12H12O3/c1-8-3-2-4-9(5-8)6-10-7-11(13)15-12(10)14/h2-5,10H,6-7H2,1H3/t10-/m1/s1. The maximum absolute atomic E-state index is 11.2. The van der Waals surface area contributed by atoms with E-state index in [0.29, 0.717) is 6.42 Å². The van der Waals surface area contributed by atoms with Gasteiger partial charge in [-0.15, -0.1) is 0 Å². The van der Waals surface area contributed by atoms with Crippen LogP contribution in [0.2, 0.25) is 0 Å². The van der Waals surface area contributed by atoms with Crippen molar-refractivity contribution in [2.75, 3.05) is 0 Å². The molecule has 2 rings (SSSR count). The van der Waals surface area contributed by atoms with Crippen molar-refractivity contribution in [3.63, 3.8) is 0 Å². The maximum Gasteiger partial charge on any atom is 0.317 e. The van der Waals surface area contributed by atoms with Crippen LogP contribution in [0.4, 0.5) is 0 Å². The zero-order chi connectivity index (χ0) is 10.8. The van der Waals surface area contributed by atoms with Gasteiger partial charge in [0, 0.05) is 0 Å². The van der Waals surface area contributed by atoms with Crippen molar-refractivity contribution in [3.05, 3.63) is 35.4 Å². The van der Waals surface area contributed by atoms with Crippen LogP contribution in [0.25, 0.3) is 0 Å². The Kier molecular flexibility index (Phi) is 2.54. The Morgan fingerprint density at radius 2 is 2.20 bits per heavy atom. The van der Waals surface area contributed by atoms with Crippen LogP contribution in [0.5, 0.6) is 0 Å². The van der Waals surface area contributed by atoms with Crippen LogP contribution in [-0.4, -0.2) is 11.9 Å². The molecule has 1 aromatic carbocycles. The second-order valence-electron chi connectivity index (χ2n) is 3.89. The highest BCUT2D eigenvalue weighted by Crippen LogP contribution is 2.21. The summed E-state index contributed by atoms with van der Waals surface area (Å²) in [5, 5.41) is 0. The third-order valence-electron chi connectivity index (χ3n) is 2.53. The number of esters is 2. The van der Waals surface area contributed by atoms with Crippen LogP contribution in [0.3, 0.4) is 0 Å². The predicted molar refractivity (Wildman–Crippen MR) is 54.1 cm³/mol. The molecular formula is C12H12O3. The van der Waals surface area contributed by atoms with Crippen LogP contribution in [0.1, 0.15) is 17.5 Å². The summed E-state index contributed by atoms with van der Waals surface area (Å²) in [4.78, 5) is 22.1. The van der Waals surface area contributed by atoms with Crippen LogP contribution in [-0.2, 0) is 20.7 Å². The second-order valence-corrected chi connectivity index (χ2v) is 3.89. The zero-order valence-corrected chi connectivity index (χ0v) is 8.53. The minimum Gasteiger partial charge on any atom is -0.393 e. The topological polar surface area (TPSA) is 43.4 Å². The van der Waals surface area contributed by atoms with Gasteiger partial charge in [-0.3, -0.25) is 9.59 Å². The van der Waals surface area contributed by atoms with E-state index in [1.54, 1.807) is 0 Å². The minimum atomic E-state index is -0.405. The highest BCUT2D eigenvalue weighted by atomic mass is 16.6. The molecule has 78 valence electrons. The number of ether oxygens (including phenoxy) is 1. The van der Waals surface area contributed by atoms with E-state index >= 15 is 0 Å². The molecule has 1 saturated heterocycles. The molecule has 15 heavy (non-hydrogen) atoms. The average molecular weight is 204 g/mol. The zero-order valence-electron chi connectivity index (χ0n) is 8.53. The number of carbonyl (C=O) groups is 2. The van der Waals surface area contributed by atoms with Crippen LogP contribution in [0, 0.1) is 12.8 Å². The first-order valence-corrected chi connectivity index (χ1v) is 4.95. The summed E-state index contributed by atoms with van der Waals surface area (Å²) in [5.74, 6) is -1.08. The molecule has 3 nitrogen and oxygen atoms in total. The Balaban J connectivity index is 2.09. The van der Waals surface area contributed by atoms with E-state index in [2.05, 4.69) is 4.74 Å². The lowest BCUT2D eigenvalue weighted by Crippen LogP contribution is -2.10. The van der Waals surface area contributed by atoms with Crippen molar-refractivity contribution in [1.29, 1.82) is 0 Å². The van der Waals surface area contributed by atoms with Crippen molar-refractivity contribution in [2.24, 2.45) is 5.92 Å². The van der Waals surface area contributed by atoms with E-state index in [9.17, 15) is 9.59 Å². The first-order valence-electron chi connectivity index (χ1n) is 4.95. The van der Waals surface area contributed by atoms with Crippen LogP contribution >= 0.6 is 0 Å². The summed E-state index contributed by atoms with van der Waals surface area (Å²) in [6.45, 7) is 2.00. The van der Waals surface area contributed by atoms with Gasteiger partial charge in [0.05, 0.1) is 12.3 Å². The summed E-state index contributed by atoms with van der Waals surface area (Å²) in [5.41, 5.74) is 2.23. The third kappa shape index (κ3) is 2.24. The second kappa shape index (κ2) is 3.85. The number of hydrogen-bond donors (Lipinski definition) is 0. The highest BCUT2D eigenvalue weighted by molar-refractivity contribution is 5.94. The molecule has 0 radical (unpaired) electrons. The van der Waals surface area contributed by atoms with E-state index in [-0.39, 0.29) is 18.3 Å². The number of aryl methyl sites for hydroxylation is 1. The summed E-state index contributed by atoms with van der Waals surface area (Å²) in [6.07, 6.45) is 0.805. The highest BCUT2D eigenvalue weighted by Gasteiger charge is 2.33. The number of rotatable bonds is 2. The Labute approximate surface area is 88.1 Å². The van der Waals surface area contributed by atoms with Gasteiger partial charge in [-0.2, -0.15) is 0 Å². The Morgan fingerprint density at radius 3 is 2.80 bits per heavy atom. The Hall–Kier alpha value is -1.64. The van der Waals surface area contributed by atoms with Crippen molar-refractivity contribution in [1.82, 2.24) is 0 Å². The quantitative estimate of drug-likeness (QED) is 0.543. The SMILES string of the molecule is Cc1cccc(C[C@@H]2CC(=O)OC2=O)c1. The average Bonchev–Trinajstić information content (AvgIpc) is 2.45. The van der Waals surface area contributed by atoms with Gasteiger partial charge >= 0.3 is 11.9 Å². The van der Waals surface area contributed by atoms with Crippen molar-refractivity contribution in [2.45, 2.75) is 19.8 Å². The molecular weight excluding hydrogens is 192 g/mol. The monoisotopic (exact) mass is 204 g/mol. The molecule has 0 spiro atoms. The van der Waals surface area contributed by atoms with Crippen LogP contribution in [0.15, 0.2) is 24.3 Å². The summed E-state index contributed by atoms with van der Waals surface area (Å²) >= 11 is 0. The molecule has 0 saturated carbocycles. The first kappa shape index (κ1) is 9.90. The molecule has 1 atom stereocenters. The fourth-order valence-electron chi connectivity index (χ4n) is 1.80. The fraction of sp³-hybridized carbons (Fsp3) is 0.333. The lowest BCUT2D eigenvalue weighted by atomic mass is 9.97. The Morgan fingerprint density at radius 1 is 1.40 bits per heavy atom. The summed E-state index contributed by atoms with van der Waals surface area (Å²) < 4.78 is 4.50. The van der Waals surface area contributed by atoms with E-state index in [1.807, 2.05) is 31.2 Å². The van der Waals surface area contributed by atoms with Gasteiger partial charge in [-0.05, 0) is 18.9 Å². The molecule has 0 amide bonds. The summed E-state index contributed by atoms with van der Waals surface area (Å²) in [7, 11) is 0. The molecule has 0 unspecified atom stereocenters. The number of hydrogen-bond acceptors (Lipinski definition) is 3. The normalized spacial score (nSPS) is 20.5. The summed E-state index contributed by atoms with van der Waals surface area (Å²) in [6, 6.07) is 7.94. The van der Waals surface area contributed by atoms with E-state index in [1.165, 1.54) is 0 Å². The number of carbonyl (C=O) groups excluding carboxylic acids is 2. The lowest BCUT2D eigenvalue weighted by molar-refractivity contribution is -0.153. The molecule has 0 N–H and O–H groups in total. The molecule has 1 fully saturated rings.